The van der Waals surface area contributed by atoms with E-state index in [9.17, 15) is 9.59 Å². The van der Waals surface area contributed by atoms with Crippen LogP contribution in [0.1, 0.15) is 50.1 Å². The van der Waals surface area contributed by atoms with Crippen molar-refractivity contribution in [3.63, 3.8) is 0 Å². The Balaban J connectivity index is 1.37. The van der Waals surface area contributed by atoms with Gasteiger partial charge in [0, 0.05) is 26.9 Å². The van der Waals surface area contributed by atoms with Crippen molar-refractivity contribution in [2.24, 2.45) is 0 Å². The lowest BCUT2D eigenvalue weighted by Gasteiger charge is -2.51. The van der Waals surface area contributed by atoms with Gasteiger partial charge in [-0.25, -0.2) is 4.98 Å². The highest BCUT2D eigenvalue weighted by Crippen LogP contribution is 2.45. The molecule has 0 aliphatic carbocycles. The van der Waals surface area contributed by atoms with Gasteiger partial charge in [0.15, 0.2) is 35.4 Å². The van der Waals surface area contributed by atoms with Crippen molar-refractivity contribution < 1.29 is 23.8 Å². The first-order valence-electron chi connectivity index (χ1n) is 14.0. The van der Waals surface area contributed by atoms with Gasteiger partial charge in [-0.1, -0.05) is 67.1 Å². The van der Waals surface area contributed by atoms with E-state index in [1.165, 1.54) is 30.5 Å². The summed E-state index contributed by atoms with van der Waals surface area (Å²) in [5, 5.41) is 0.0532. The third-order valence-corrected chi connectivity index (χ3v) is 8.26. The Bertz CT molecular complexity index is 1620. The van der Waals surface area contributed by atoms with Crippen molar-refractivity contribution in [2.75, 3.05) is 18.0 Å². The number of anilines is 1. The standard InChI is InChI=1S/C31H32ClN5O5/c1-5-23-25(40-19(3)38)26(41-20(4)39)29(42-23)37-17-33-24-27(34-30(32)35-28(24)37)36-15-31(16-36,21-9-7-6-8-10-21)22-13-11-18(2)12-14-22/h6-14,17,23,25-26,29H,5,15-16H2,1-4H3/t23-,25+,26?,29-/m1/s1. The molecule has 0 radical (unpaired) electrons. The molecule has 2 aromatic heterocycles. The summed E-state index contributed by atoms with van der Waals surface area (Å²) < 4.78 is 19.2. The molecule has 4 atom stereocenters. The van der Waals surface area contributed by atoms with E-state index in [4.69, 9.17) is 25.8 Å². The number of hydrogen-bond acceptors (Lipinski definition) is 9. The van der Waals surface area contributed by atoms with Crippen LogP contribution in [0.2, 0.25) is 5.28 Å². The number of fused-ring (bicyclic) bond motifs is 1. The van der Waals surface area contributed by atoms with Crippen LogP contribution in [-0.2, 0) is 29.2 Å². The predicted octanol–water partition coefficient (Wildman–Crippen LogP) is 4.77. The van der Waals surface area contributed by atoms with Crippen molar-refractivity contribution in [1.82, 2.24) is 19.5 Å². The Kier molecular flexibility index (Phi) is 7.36. The molecule has 218 valence electrons. The zero-order valence-corrected chi connectivity index (χ0v) is 24.6. The summed E-state index contributed by atoms with van der Waals surface area (Å²) in [7, 11) is 0. The Morgan fingerprint density at radius 1 is 0.976 bits per heavy atom. The highest BCUT2D eigenvalue weighted by atomic mass is 35.5. The summed E-state index contributed by atoms with van der Waals surface area (Å²) in [6.07, 6.45) is -0.899. The highest BCUT2D eigenvalue weighted by Gasteiger charge is 2.51. The van der Waals surface area contributed by atoms with Crippen LogP contribution >= 0.6 is 11.6 Å². The number of rotatable bonds is 7. The molecule has 4 aromatic rings. The molecule has 10 nitrogen and oxygen atoms in total. The summed E-state index contributed by atoms with van der Waals surface area (Å²) in [6.45, 7) is 7.94. The van der Waals surface area contributed by atoms with E-state index in [1.807, 2.05) is 13.0 Å². The van der Waals surface area contributed by atoms with Crippen LogP contribution in [0.5, 0.6) is 0 Å². The maximum Gasteiger partial charge on any atom is 0.303 e. The van der Waals surface area contributed by atoms with Crippen LogP contribution in [0, 0.1) is 6.92 Å². The first kappa shape index (κ1) is 28.1. The van der Waals surface area contributed by atoms with Crippen molar-refractivity contribution in [2.45, 2.75) is 64.1 Å². The van der Waals surface area contributed by atoms with E-state index < -0.39 is 36.5 Å². The van der Waals surface area contributed by atoms with Crippen LogP contribution < -0.4 is 4.90 Å². The molecule has 0 amide bonds. The van der Waals surface area contributed by atoms with Gasteiger partial charge in [0.05, 0.1) is 11.7 Å². The number of carbonyl (C=O) groups excluding carboxylic acids is 2. The van der Waals surface area contributed by atoms with E-state index in [0.717, 1.165) is 0 Å². The lowest BCUT2D eigenvalue weighted by molar-refractivity contribution is -0.165. The second-order valence-electron chi connectivity index (χ2n) is 10.9. The molecule has 2 aliphatic heterocycles. The average molecular weight is 590 g/mol. The minimum absolute atomic E-state index is 0.0532. The predicted molar refractivity (Wildman–Crippen MR) is 156 cm³/mol. The van der Waals surface area contributed by atoms with Gasteiger partial charge in [0.2, 0.25) is 5.28 Å². The number of hydrogen-bond donors (Lipinski definition) is 0. The van der Waals surface area contributed by atoms with Gasteiger partial charge in [-0.2, -0.15) is 9.97 Å². The molecule has 0 spiro atoms. The molecule has 2 aliphatic rings. The quantitative estimate of drug-likeness (QED) is 0.222. The first-order valence-corrected chi connectivity index (χ1v) is 14.4. The minimum Gasteiger partial charge on any atom is -0.456 e. The van der Waals surface area contributed by atoms with Gasteiger partial charge in [-0.05, 0) is 36.1 Å². The normalized spacial score (nSPS) is 23.0. The van der Waals surface area contributed by atoms with Crippen molar-refractivity contribution in [3.05, 3.63) is 82.9 Å². The lowest BCUT2D eigenvalue weighted by Crippen LogP contribution is -2.60. The van der Waals surface area contributed by atoms with Crippen LogP contribution in [-0.4, -0.2) is 62.9 Å². The van der Waals surface area contributed by atoms with Gasteiger partial charge >= 0.3 is 11.9 Å². The minimum atomic E-state index is -0.901. The lowest BCUT2D eigenvalue weighted by atomic mass is 9.68. The molecular formula is C31H32ClN5O5. The highest BCUT2D eigenvalue weighted by molar-refractivity contribution is 6.28. The summed E-state index contributed by atoms with van der Waals surface area (Å²) in [5.41, 5.74) is 4.38. The van der Waals surface area contributed by atoms with Crippen molar-refractivity contribution >= 4 is 40.5 Å². The zero-order chi connectivity index (χ0) is 29.6. The number of halogens is 1. The molecule has 2 aromatic carbocycles. The second-order valence-corrected chi connectivity index (χ2v) is 11.3. The van der Waals surface area contributed by atoms with Crippen LogP contribution in [0.25, 0.3) is 11.2 Å². The first-order chi connectivity index (χ1) is 20.2. The summed E-state index contributed by atoms with van der Waals surface area (Å²) in [4.78, 5) is 39.9. The monoisotopic (exact) mass is 589 g/mol. The number of ether oxygens (including phenoxy) is 3. The third-order valence-electron chi connectivity index (χ3n) is 8.09. The molecular weight excluding hydrogens is 558 g/mol. The molecule has 6 rings (SSSR count). The number of aromatic nitrogens is 4. The van der Waals surface area contributed by atoms with Crippen molar-refractivity contribution in [1.29, 1.82) is 0 Å². The number of nitrogens with zero attached hydrogens (tertiary/aromatic N) is 5. The van der Waals surface area contributed by atoms with Gasteiger partial charge in [-0.3, -0.25) is 14.2 Å². The maximum absolute atomic E-state index is 12.1. The summed E-state index contributed by atoms with van der Waals surface area (Å²) >= 11 is 6.50. The Morgan fingerprint density at radius 3 is 2.26 bits per heavy atom. The molecule has 2 fully saturated rings. The van der Waals surface area contributed by atoms with Gasteiger partial charge < -0.3 is 19.1 Å². The largest absolute Gasteiger partial charge is 0.456 e. The van der Waals surface area contributed by atoms with E-state index in [0.29, 0.717) is 36.5 Å². The second kappa shape index (κ2) is 11.0. The number of imidazole rings is 1. The molecule has 0 bridgehead atoms. The summed E-state index contributed by atoms with van der Waals surface area (Å²) in [5.74, 6) is -0.404. The van der Waals surface area contributed by atoms with Gasteiger partial charge in [0.25, 0.3) is 0 Å². The van der Waals surface area contributed by atoms with Gasteiger partial charge in [0.1, 0.15) is 6.10 Å². The molecule has 11 heteroatoms. The van der Waals surface area contributed by atoms with E-state index in [2.05, 4.69) is 75.3 Å². The van der Waals surface area contributed by atoms with Crippen molar-refractivity contribution in [3.8, 4) is 0 Å². The topological polar surface area (TPSA) is 109 Å². The zero-order valence-electron chi connectivity index (χ0n) is 23.9. The fraction of sp³-hybridized carbons (Fsp3) is 0.387. The van der Waals surface area contributed by atoms with Crippen LogP contribution in [0.3, 0.4) is 0 Å². The van der Waals surface area contributed by atoms with E-state index in [-0.39, 0.29) is 10.7 Å². The SMILES string of the molecule is CC[C@H]1O[C@@H](n2cnc3c(N4CC(c5ccccc5)(c5ccc(C)cc5)C4)nc(Cl)nc32)C(OC(C)=O)[C@H]1OC(C)=O. The van der Waals surface area contributed by atoms with Gasteiger partial charge in [-0.15, -0.1) is 0 Å². The molecule has 0 saturated carbocycles. The fourth-order valence-electron chi connectivity index (χ4n) is 6.11. The molecule has 1 unspecified atom stereocenters. The van der Waals surface area contributed by atoms with Crippen LogP contribution in [0.15, 0.2) is 60.9 Å². The molecule has 0 N–H and O–H groups in total. The number of aryl methyl sites for hydroxylation is 1. The number of esters is 2. The maximum atomic E-state index is 12.1. The fourth-order valence-corrected chi connectivity index (χ4v) is 6.27. The Hall–Kier alpha value is -4.02. The van der Waals surface area contributed by atoms with Crippen LogP contribution in [0.4, 0.5) is 5.82 Å². The number of benzene rings is 2. The average Bonchev–Trinajstić information content (AvgIpc) is 3.50. The molecule has 2 saturated heterocycles. The summed E-state index contributed by atoms with van der Waals surface area (Å²) in [6, 6.07) is 19.1. The Labute approximate surface area is 248 Å². The van der Waals surface area contributed by atoms with E-state index >= 15 is 0 Å². The smallest absolute Gasteiger partial charge is 0.303 e. The third kappa shape index (κ3) is 4.88. The van der Waals surface area contributed by atoms with E-state index in [1.54, 1.807) is 10.9 Å². The Morgan fingerprint density at radius 2 is 1.62 bits per heavy atom. The molecule has 4 heterocycles. The molecule has 42 heavy (non-hydrogen) atoms. The number of carbonyl (C=O) groups is 2.